The average molecular weight is 463 g/mol. The van der Waals surface area contributed by atoms with Crippen molar-refractivity contribution in [2.45, 2.75) is 20.8 Å². The maximum absolute atomic E-state index is 14.3. The van der Waals surface area contributed by atoms with Crippen molar-refractivity contribution in [3.8, 4) is 16.9 Å². The number of para-hydroxylation sites is 1. The van der Waals surface area contributed by atoms with Crippen LogP contribution in [0.15, 0.2) is 48.5 Å². The molecular weight excluding hydrogens is 435 g/mol. The Balaban J connectivity index is 1.50. The van der Waals surface area contributed by atoms with Gasteiger partial charge in [-0.3, -0.25) is 0 Å². The summed E-state index contributed by atoms with van der Waals surface area (Å²) in [5, 5.41) is 1.10. The molecule has 2 aromatic heterocycles. The lowest BCUT2D eigenvalue weighted by Crippen LogP contribution is -2.47. The van der Waals surface area contributed by atoms with Crippen molar-refractivity contribution >= 4 is 33.1 Å². The Morgan fingerprint density at radius 1 is 0.939 bits per heavy atom. The molecule has 1 aliphatic heterocycles. The van der Waals surface area contributed by atoms with E-state index in [9.17, 15) is 4.39 Å². The average Bonchev–Trinajstić information content (AvgIpc) is 3.15. The van der Waals surface area contributed by atoms with Gasteiger partial charge < -0.3 is 14.5 Å². The monoisotopic (exact) mass is 462 g/mol. The normalized spacial score (nSPS) is 14.2. The van der Waals surface area contributed by atoms with E-state index in [2.05, 4.69) is 28.9 Å². The molecule has 33 heavy (non-hydrogen) atoms. The van der Waals surface area contributed by atoms with Gasteiger partial charge in [-0.15, -0.1) is 11.3 Å². The van der Waals surface area contributed by atoms with Crippen LogP contribution >= 0.6 is 11.3 Å². The summed E-state index contributed by atoms with van der Waals surface area (Å²) in [7, 11) is 0. The Hall–Kier alpha value is -3.19. The van der Waals surface area contributed by atoms with Gasteiger partial charge in [0.1, 0.15) is 28.0 Å². The molecule has 0 atom stereocenters. The predicted octanol–water partition coefficient (Wildman–Crippen LogP) is 5.84. The second kappa shape index (κ2) is 8.98. The third-order valence-corrected chi connectivity index (χ3v) is 7.05. The topological polar surface area (TPSA) is 41.5 Å². The molecule has 0 unspecified atom stereocenters. The maximum Gasteiger partial charge on any atom is 0.146 e. The van der Waals surface area contributed by atoms with Crippen LogP contribution in [0.4, 0.5) is 15.9 Å². The lowest BCUT2D eigenvalue weighted by molar-refractivity contribution is 0.340. The van der Waals surface area contributed by atoms with E-state index in [0.717, 1.165) is 59.4 Å². The van der Waals surface area contributed by atoms with E-state index in [1.54, 1.807) is 17.4 Å². The van der Waals surface area contributed by atoms with Crippen LogP contribution in [0.25, 0.3) is 21.3 Å². The molecule has 1 aliphatic rings. The molecule has 4 aromatic rings. The fraction of sp³-hybridized carbons (Fsp3) is 0.308. The van der Waals surface area contributed by atoms with E-state index in [1.165, 1.54) is 16.5 Å². The fourth-order valence-electron chi connectivity index (χ4n) is 4.53. The first kappa shape index (κ1) is 21.6. The first-order chi connectivity index (χ1) is 16.0. The van der Waals surface area contributed by atoms with Crippen molar-refractivity contribution in [1.29, 1.82) is 0 Å². The van der Waals surface area contributed by atoms with Gasteiger partial charge in [0.2, 0.25) is 0 Å². The van der Waals surface area contributed by atoms with Gasteiger partial charge in [0.05, 0.1) is 17.7 Å². The molecule has 5 rings (SSSR count). The van der Waals surface area contributed by atoms with Gasteiger partial charge in [0, 0.05) is 36.6 Å². The van der Waals surface area contributed by atoms with Crippen molar-refractivity contribution in [2.24, 2.45) is 0 Å². The van der Waals surface area contributed by atoms with Gasteiger partial charge in [-0.25, -0.2) is 14.4 Å². The van der Waals surface area contributed by atoms with Gasteiger partial charge in [-0.05, 0) is 50.6 Å². The van der Waals surface area contributed by atoms with Crippen molar-refractivity contribution in [2.75, 3.05) is 42.6 Å². The minimum Gasteiger partial charge on any atom is -0.494 e. The highest BCUT2D eigenvalue weighted by molar-refractivity contribution is 7.19. The summed E-state index contributed by atoms with van der Waals surface area (Å²) in [6, 6.07) is 15.3. The summed E-state index contributed by atoms with van der Waals surface area (Å²) in [5.74, 6) is 2.44. The number of nitrogens with zero attached hydrogens (tertiary/aromatic N) is 4. The number of aromatic nitrogens is 2. The first-order valence-electron chi connectivity index (χ1n) is 11.3. The van der Waals surface area contributed by atoms with Crippen molar-refractivity contribution in [1.82, 2.24) is 9.97 Å². The molecule has 7 heteroatoms. The van der Waals surface area contributed by atoms with E-state index >= 15 is 0 Å². The van der Waals surface area contributed by atoms with Crippen LogP contribution in [0.3, 0.4) is 0 Å². The van der Waals surface area contributed by atoms with Crippen LogP contribution in [0.5, 0.6) is 5.75 Å². The number of anilines is 2. The Bertz CT molecular complexity index is 1280. The second-order valence-corrected chi connectivity index (χ2v) is 9.39. The van der Waals surface area contributed by atoms with E-state index < -0.39 is 0 Å². The number of thiophene rings is 1. The summed E-state index contributed by atoms with van der Waals surface area (Å²) in [6.45, 7) is 9.77. The smallest absolute Gasteiger partial charge is 0.146 e. The summed E-state index contributed by atoms with van der Waals surface area (Å²) < 4.78 is 19.9. The zero-order valence-corrected chi connectivity index (χ0v) is 20.0. The van der Waals surface area contributed by atoms with Gasteiger partial charge in [0.15, 0.2) is 0 Å². The number of benzene rings is 2. The number of hydrogen-bond acceptors (Lipinski definition) is 6. The second-order valence-electron chi connectivity index (χ2n) is 8.19. The highest BCUT2D eigenvalue weighted by Crippen LogP contribution is 2.42. The number of fused-ring (bicyclic) bond motifs is 1. The number of hydrogen-bond donors (Lipinski definition) is 0. The first-order valence-corrected chi connectivity index (χ1v) is 12.1. The minimum absolute atomic E-state index is 0.169. The lowest BCUT2D eigenvalue weighted by Gasteiger charge is -2.37. The van der Waals surface area contributed by atoms with Crippen LogP contribution in [0.2, 0.25) is 0 Å². The van der Waals surface area contributed by atoms with Gasteiger partial charge >= 0.3 is 0 Å². The highest BCUT2D eigenvalue weighted by atomic mass is 32.1. The molecule has 1 fully saturated rings. The van der Waals surface area contributed by atoms with Crippen LogP contribution in [-0.4, -0.2) is 42.8 Å². The molecule has 2 aromatic carbocycles. The summed E-state index contributed by atoms with van der Waals surface area (Å²) in [5.41, 5.74) is 2.99. The number of piperazine rings is 1. The van der Waals surface area contributed by atoms with E-state index in [-0.39, 0.29) is 5.82 Å². The molecular formula is C26H27FN4OS. The fourth-order valence-corrected chi connectivity index (χ4v) is 5.61. The third kappa shape index (κ3) is 4.13. The molecule has 170 valence electrons. The van der Waals surface area contributed by atoms with E-state index in [4.69, 9.17) is 14.7 Å². The van der Waals surface area contributed by atoms with Crippen molar-refractivity contribution in [3.05, 3.63) is 65.0 Å². The molecule has 0 aliphatic carbocycles. The standard InChI is InChI=1S/C26H27FN4OS/c1-4-32-20-11-9-19(10-12-20)23-17(2)33-26-24(23)25(28-18(3)29-26)31-15-13-30(14-16-31)22-8-6-5-7-21(22)27/h5-12H,4,13-16H2,1-3H3. The van der Waals surface area contributed by atoms with Crippen molar-refractivity contribution < 1.29 is 9.13 Å². The highest BCUT2D eigenvalue weighted by Gasteiger charge is 2.25. The van der Waals surface area contributed by atoms with Crippen LogP contribution in [-0.2, 0) is 0 Å². The minimum atomic E-state index is -0.169. The maximum atomic E-state index is 14.3. The molecule has 0 N–H and O–H groups in total. The Morgan fingerprint density at radius 3 is 2.33 bits per heavy atom. The van der Waals surface area contributed by atoms with E-state index in [0.29, 0.717) is 12.3 Å². The van der Waals surface area contributed by atoms with Crippen LogP contribution in [0, 0.1) is 19.7 Å². The number of ether oxygens (including phenoxy) is 1. The Morgan fingerprint density at radius 2 is 1.64 bits per heavy atom. The predicted molar refractivity (Wildman–Crippen MR) is 134 cm³/mol. The molecule has 3 heterocycles. The zero-order valence-electron chi connectivity index (χ0n) is 19.1. The molecule has 0 saturated carbocycles. The lowest BCUT2D eigenvalue weighted by atomic mass is 10.0. The molecule has 0 spiro atoms. The summed E-state index contributed by atoms with van der Waals surface area (Å²) >= 11 is 1.71. The quantitative estimate of drug-likeness (QED) is 0.373. The number of halogens is 1. The van der Waals surface area contributed by atoms with Gasteiger partial charge in [0.25, 0.3) is 0 Å². The summed E-state index contributed by atoms with van der Waals surface area (Å²) in [4.78, 5) is 16.3. The Kier molecular flexibility index (Phi) is 5.89. The van der Waals surface area contributed by atoms with E-state index in [1.807, 2.05) is 38.1 Å². The molecule has 0 radical (unpaired) electrons. The molecule has 1 saturated heterocycles. The number of rotatable bonds is 5. The third-order valence-electron chi connectivity index (χ3n) is 6.05. The Labute approximate surface area is 197 Å². The largest absolute Gasteiger partial charge is 0.494 e. The molecule has 0 bridgehead atoms. The van der Waals surface area contributed by atoms with Gasteiger partial charge in [-0.1, -0.05) is 24.3 Å². The molecule has 0 amide bonds. The SMILES string of the molecule is CCOc1ccc(-c2c(C)sc3nc(C)nc(N4CCN(c5ccccc5F)CC4)c23)cc1. The summed E-state index contributed by atoms with van der Waals surface area (Å²) in [6.07, 6.45) is 0. The van der Waals surface area contributed by atoms with Crippen LogP contribution < -0.4 is 14.5 Å². The zero-order chi connectivity index (χ0) is 22.9. The van der Waals surface area contributed by atoms with Crippen LogP contribution in [0.1, 0.15) is 17.6 Å². The van der Waals surface area contributed by atoms with Crippen molar-refractivity contribution in [3.63, 3.8) is 0 Å². The van der Waals surface area contributed by atoms with Gasteiger partial charge in [-0.2, -0.15) is 0 Å². The molecule has 5 nitrogen and oxygen atoms in total. The number of aryl methyl sites for hydroxylation is 2.